The van der Waals surface area contributed by atoms with Gasteiger partial charge in [-0.15, -0.1) is 0 Å². The molecule has 1 amide bonds. The highest BCUT2D eigenvalue weighted by Crippen LogP contribution is 2.10. The van der Waals surface area contributed by atoms with Crippen LogP contribution in [-0.4, -0.2) is 41.1 Å². The summed E-state index contributed by atoms with van der Waals surface area (Å²) in [5.41, 5.74) is 7.60. The van der Waals surface area contributed by atoms with Crippen LogP contribution in [0.5, 0.6) is 0 Å². The van der Waals surface area contributed by atoms with Crippen LogP contribution in [0.2, 0.25) is 0 Å². The second-order valence-corrected chi connectivity index (χ2v) is 4.07. The highest BCUT2D eigenvalue weighted by Gasteiger charge is 2.16. The van der Waals surface area contributed by atoms with E-state index in [1.807, 2.05) is 13.8 Å². The molecule has 0 aliphatic rings. The highest BCUT2D eigenvalue weighted by molar-refractivity contribution is 5.95. The summed E-state index contributed by atoms with van der Waals surface area (Å²) in [6.45, 7) is 5.06. The molecule has 0 aromatic carbocycles. The standard InChI is InChI=1S/C12H20N4O/c1-4-11-10(8-9(2)14-15-11)12(17)16(3)7-5-6-13/h8H,4-7,13H2,1-3H3. The molecule has 0 saturated heterocycles. The molecule has 94 valence electrons. The van der Waals surface area contributed by atoms with Gasteiger partial charge >= 0.3 is 0 Å². The van der Waals surface area contributed by atoms with Crippen molar-refractivity contribution in [2.45, 2.75) is 26.7 Å². The van der Waals surface area contributed by atoms with Crippen molar-refractivity contribution in [2.75, 3.05) is 20.1 Å². The van der Waals surface area contributed by atoms with E-state index in [4.69, 9.17) is 5.73 Å². The number of carbonyl (C=O) groups is 1. The topological polar surface area (TPSA) is 72.1 Å². The number of amides is 1. The minimum absolute atomic E-state index is 0.00620. The number of nitrogens with zero attached hydrogens (tertiary/aromatic N) is 3. The summed E-state index contributed by atoms with van der Waals surface area (Å²) in [5, 5.41) is 8.03. The number of aromatic nitrogens is 2. The van der Waals surface area contributed by atoms with Gasteiger partial charge < -0.3 is 10.6 Å². The Balaban J connectivity index is 2.90. The van der Waals surface area contributed by atoms with E-state index in [-0.39, 0.29) is 5.91 Å². The van der Waals surface area contributed by atoms with E-state index < -0.39 is 0 Å². The average molecular weight is 236 g/mol. The summed E-state index contributed by atoms with van der Waals surface area (Å²) in [6.07, 6.45) is 1.51. The molecule has 1 heterocycles. The van der Waals surface area contributed by atoms with E-state index in [1.54, 1.807) is 18.0 Å². The number of carbonyl (C=O) groups excluding carboxylic acids is 1. The molecule has 0 fully saturated rings. The zero-order valence-electron chi connectivity index (χ0n) is 10.7. The van der Waals surface area contributed by atoms with E-state index >= 15 is 0 Å². The predicted octanol–water partition coefficient (Wildman–Crippen LogP) is 0.768. The van der Waals surface area contributed by atoms with Crippen molar-refractivity contribution < 1.29 is 4.79 Å². The van der Waals surface area contributed by atoms with Crippen LogP contribution < -0.4 is 5.73 Å². The van der Waals surface area contributed by atoms with Crippen LogP contribution in [-0.2, 0) is 6.42 Å². The van der Waals surface area contributed by atoms with Crippen molar-refractivity contribution in [2.24, 2.45) is 5.73 Å². The van der Waals surface area contributed by atoms with Gasteiger partial charge in [-0.25, -0.2) is 0 Å². The van der Waals surface area contributed by atoms with Crippen LogP contribution in [0, 0.1) is 6.92 Å². The quantitative estimate of drug-likeness (QED) is 0.819. The molecule has 0 atom stereocenters. The number of hydrogen-bond acceptors (Lipinski definition) is 4. The Morgan fingerprint density at radius 3 is 2.76 bits per heavy atom. The van der Waals surface area contributed by atoms with Crippen LogP contribution in [0.25, 0.3) is 0 Å². The molecule has 0 saturated carbocycles. The Hall–Kier alpha value is -1.49. The Bertz CT molecular complexity index is 392. The molecule has 0 unspecified atom stereocenters. The lowest BCUT2D eigenvalue weighted by atomic mass is 10.1. The summed E-state index contributed by atoms with van der Waals surface area (Å²) >= 11 is 0. The minimum atomic E-state index is -0.00620. The van der Waals surface area contributed by atoms with E-state index in [1.165, 1.54) is 0 Å². The molecule has 0 aliphatic carbocycles. The van der Waals surface area contributed by atoms with Gasteiger partial charge in [0, 0.05) is 13.6 Å². The second-order valence-electron chi connectivity index (χ2n) is 4.07. The number of hydrogen-bond donors (Lipinski definition) is 1. The molecule has 1 rings (SSSR count). The molecule has 17 heavy (non-hydrogen) atoms. The third kappa shape index (κ3) is 3.49. The van der Waals surface area contributed by atoms with Gasteiger partial charge in [0.15, 0.2) is 0 Å². The Labute approximate surface area is 102 Å². The van der Waals surface area contributed by atoms with E-state index in [0.717, 1.165) is 17.8 Å². The molecule has 2 N–H and O–H groups in total. The monoisotopic (exact) mass is 236 g/mol. The average Bonchev–Trinajstić information content (AvgIpc) is 2.34. The minimum Gasteiger partial charge on any atom is -0.342 e. The maximum Gasteiger partial charge on any atom is 0.255 e. The molecular weight excluding hydrogens is 216 g/mol. The van der Waals surface area contributed by atoms with Crippen LogP contribution in [0.15, 0.2) is 6.07 Å². The summed E-state index contributed by atoms with van der Waals surface area (Å²) in [6, 6.07) is 1.80. The molecule has 1 aromatic heterocycles. The van der Waals surface area contributed by atoms with Crippen molar-refractivity contribution in [1.29, 1.82) is 0 Å². The molecule has 0 radical (unpaired) electrons. The molecule has 0 spiro atoms. The van der Waals surface area contributed by atoms with Gasteiger partial charge in [-0.05, 0) is 32.4 Å². The lowest BCUT2D eigenvalue weighted by molar-refractivity contribution is 0.0792. The first kappa shape index (κ1) is 13.6. The highest BCUT2D eigenvalue weighted by atomic mass is 16.2. The van der Waals surface area contributed by atoms with Crippen LogP contribution in [0.1, 0.15) is 35.1 Å². The molecule has 0 aliphatic heterocycles. The zero-order chi connectivity index (χ0) is 12.8. The predicted molar refractivity (Wildman–Crippen MR) is 66.8 cm³/mol. The Morgan fingerprint density at radius 1 is 1.47 bits per heavy atom. The molecule has 5 heteroatoms. The van der Waals surface area contributed by atoms with Crippen LogP contribution in [0.4, 0.5) is 0 Å². The summed E-state index contributed by atoms with van der Waals surface area (Å²) in [4.78, 5) is 13.9. The van der Waals surface area contributed by atoms with Gasteiger partial charge in [-0.1, -0.05) is 6.92 Å². The fourth-order valence-corrected chi connectivity index (χ4v) is 1.60. The lowest BCUT2D eigenvalue weighted by Gasteiger charge is -2.18. The number of rotatable bonds is 5. The molecular formula is C12H20N4O. The van der Waals surface area contributed by atoms with Gasteiger partial charge in [0.2, 0.25) is 0 Å². The van der Waals surface area contributed by atoms with E-state index in [0.29, 0.717) is 25.1 Å². The van der Waals surface area contributed by atoms with Gasteiger partial charge in [0.1, 0.15) is 0 Å². The van der Waals surface area contributed by atoms with Gasteiger partial charge in [0.25, 0.3) is 5.91 Å². The van der Waals surface area contributed by atoms with Crippen molar-refractivity contribution >= 4 is 5.91 Å². The smallest absolute Gasteiger partial charge is 0.255 e. The third-order valence-electron chi connectivity index (χ3n) is 2.60. The Morgan fingerprint density at radius 2 is 2.18 bits per heavy atom. The second kappa shape index (κ2) is 6.30. The third-order valence-corrected chi connectivity index (χ3v) is 2.60. The van der Waals surface area contributed by atoms with E-state index in [2.05, 4.69) is 10.2 Å². The maximum atomic E-state index is 12.2. The van der Waals surface area contributed by atoms with Crippen LogP contribution >= 0.6 is 0 Å². The van der Waals surface area contributed by atoms with Crippen molar-refractivity contribution in [3.63, 3.8) is 0 Å². The molecule has 0 bridgehead atoms. The largest absolute Gasteiger partial charge is 0.342 e. The fourth-order valence-electron chi connectivity index (χ4n) is 1.60. The summed E-state index contributed by atoms with van der Waals surface area (Å²) in [5.74, 6) is -0.00620. The first-order chi connectivity index (χ1) is 8.10. The molecule has 1 aromatic rings. The molecule has 5 nitrogen and oxygen atoms in total. The maximum absolute atomic E-state index is 12.2. The Kier molecular flexibility index (Phi) is 5.03. The summed E-state index contributed by atoms with van der Waals surface area (Å²) in [7, 11) is 1.78. The number of aryl methyl sites for hydroxylation is 2. The van der Waals surface area contributed by atoms with Gasteiger partial charge in [-0.2, -0.15) is 10.2 Å². The van der Waals surface area contributed by atoms with Crippen molar-refractivity contribution in [3.8, 4) is 0 Å². The normalized spacial score (nSPS) is 10.4. The fraction of sp³-hybridized carbons (Fsp3) is 0.583. The van der Waals surface area contributed by atoms with Crippen LogP contribution in [0.3, 0.4) is 0 Å². The summed E-state index contributed by atoms with van der Waals surface area (Å²) < 4.78 is 0. The van der Waals surface area contributed by atoms with Crippen molar-refractivity contribution in [1.82, 2.24) is 15.1 Å². The van der Waals surface area contributed by atoms with Crippen molar-refractivity contribution in [3.05, 3.63) is 23.0 Å². The lowest BCUT2D eigenvalue weighted by Crippen LogP contribution is -2.30. The first-order valence-electron chi connectivity index (χ1n) is 5.88. The first-order valence-corrected chi connectivity index (χ1v) is 5.88. The zero-order valence-corrected chi connectivity index (χ0v) is 10.7. The number of nitrogens with two attached hydrogens (primary N) is 1. The van der Waals surface area contributed by atoms with Gasteiger partial charge in [-0.3, -0.25) is 4.79 Å². The SMILES string of the molecule is CCc1nnc(C)cc1C(=O)N(C)CCCN. The van der Waals surface area contributed by atoms with E-state index in [9.17, 15) is 4.79 Å². The van der Waals surface area contributed by atoms with Gasteiger partial charge in [0.05, 0.1) is 17.0 Å².